The van der Waals surface area contributed by atoms with Gasteiger partial charge in [-0.1, -0.05) is 29.8 Å². The number of halogens is 1. The van der Waals surface area contributed by atoms with Crippen molar-refractivity contribution >= 4 is 11.6 Å². The molecule has 1 aromatic carbocycles. The second kappa shape index (κ2) is 3.69. The Labute approximate surface area is 84.1 Å². The van der Waals surface area contributed by atoms with Crippen LogP contribution in [0.1, 0.15) is 31.4 Å². The Morgan fingerprint density at radius 2 is 2.08 bits per heavy atom. The fraction of sp³-hybridized carbons (Fsp3) is 0.455. The van der Waals surface area contributed by atoms with Gasteiger partial charge in [0.15, 0.2) is 0 Å². The number of hydrogen-bond acceptors (Lipinski definition) is 1. The van der Waals surface area contributed by atoms with E-state index in [1.807, 2.05) is 18.2 Å². The second-order valence-electron chi connectivity index (χ2n) is 3.68. The van der Waals surface area contributed by atoms with Crippen LogP contribution in [0.25, 0.3) is 0 Å². The van der Waals surface area contributed by atoms with Gasteiger partial charge in [-0.25, -0.2) is 0 Å². The maximum absolute atomic E-state index is 6.08. The van der Waals surface area contributed by atoms with Crippen molar-refractivity contribution in [1.29, 1.82) is 0 Å². The minimum atomic E-state index is 0.376. The number of hydrogen-bond donors (Lipinski definition) is 1. The Morgan fingerprint density at radius 1 is 1.38 bits per heavy atom. The highest BCUT2D eigenvalue weighted by molar-refractivity contribution is 6.31. The first-order chi connectivity index (χ1) is 6.27. The summed E-state index contributed by atoms with van der Waals surface area (Å²) < 4.78 is 0. The summed E-state index contributed by atoms with van der Waals surface area (Å²) in [6.07, 6.45) is 2.63. The minimum absolute atomic E-state index is 0.376. The highest BCUT2D eigenvalue weighted by atomic mass is 35.5. The fourth-order valence-electron chi connectivity index (χ4n) is 1.52. The lowest BCUT2D eigenvalue weighted by Gasteiger charge is -2.14. The van der Waals surface area contributed by atoms with Crippen LogP contribution in [0.15, 0.2) is 24.3 Å². The van der Waals surface area contributed by atoms with Crippen LogP contribution in [-0.4, -0.2) is 6.04 Å². The molecule has 0 aliphatic heterocycles. The molecule has 13 heavy (non-hydrogen) atoms. The summed E-state index contributed by atoms with van der Waals surface area (Å²) in [5, 5.41) is 4.39. The van der Waals surface area contributed by atoms with Crippen molar-refractivity contribution in [3.05, 3.63) is 34.9 Å². The Morgan fingerprint density at radius 3 is 2.69 bits per heavy atom. The summed E-state index contributed by atoms with van der Waals surface area (Å²) in [6.45, 7) is 2.17. The van der Waals surface area contributed by atoms with Crippen molar-refractivity contribution in [3.63, 3.8) is 0 Å². The number of benzene rings is 1. The molecule has 1 nitrogen and oxygen atoms in total. The van der Waals surface area contributed by atoms with E-state index in [4.69, 9.17) is 11.6 Å². The van der Waals surface area contributed by atoms with Crippen molar-refractivity contribution in [3.8, 4) is 0 Å². The van der Waals surface area contributed by atoms with Gasteiger partial charge in [-0.3, -0.25) is 0 Å². The standard InChI is InChI=1S/C11H14ClN/c1-8(13-9-6-7-9)10-4-2-3-5-11(10)12/h2-5,8-9,13H,6-7H2,1H3/t8-/m1/s1. The van der Waals surface area contributed by atoms with Gasteiger partial charge in [-0.05, 0) is 31.4 Å². The van der Waals surface area contributed by atoms with Crippen LogP contribution in [0.5, 0.6) is 0 Å². The molecule has 0 amide bonds. The quantitative estimate of drug-likeness (QED) is 0.782. The van der Waals surface area contributed by atoms with Crippen LogP contribution in [0.2, 0.25) is 5.02 Å². The molecular formula is C11H14ClN. The predicted octanol–water partition coefficient (Wildman–Crippen LogP) is 3.15. The summed E-state index contributed by atoms with van der Waals surface area (Å²) >= 11 is 6.08. The molecule has 0 heterocycles. The van der Waals surface area contributed by atoms with Crippen molar-refractivity contribution in [2.45, 2.75) is 31.8 Å². The van der Waals surface area contributed by atoms with Gasteiger partial charge in [-0.2, -0.15) is 0 Å². The molecule has 0 radical (unpaired) electrons. The maximum atomic E-state index is 6.08. The van der Waals surface area contributed by atoms with Crippen LogP contribution >= 0.6 is 11.6 Å². The van der Waals surface area contributed by atoms with E-state index < -0.39 is 0 Å². The molecule has 1 aliphatic carbocycles. The molecule has 0 unspecified atom stereocenters. The molecule has 2 rings (SSSR count). The average Bonchev–Trinajstić information content (AvgIpc) is 2.89. The van der Waals surface area contributed by atoms with E-state index in [1.54, 1.807) is 0 Å². The summed E-state index contributed by atoms with van der Waals surface area (Å²) in [4.78, 5) is 0. The first-order valence-electron chi connectivity index (χ1n) is 4.78. The molecule has 0 spiro atoms. The van der Waals surface area contributed by atoms with Crippen LogP contribution in [0.4, 0.5) is 0 Å². The van der Waals surface area contributed by atoms with E-state index >= 15 is 0 Å². The lowest BCUT2D eigenvalue weighted by atomic mass is 10.1. The zero-order chi connectivity index (χ0) is 9.26. The van der Waals surface area contributed by atoms with Gasteiger partial charge in [-0.15, -0.1) is 0 Å². The highest BCUT2D eigenvalue weighted by Gasteiger charge is 2.23. The van der Waals surface area contributed by atoms with Crippen molar-refractivity contribution in [2.75, 3.05) is 0 Å². The summed E-state index contributed by atoms with van der Waals surface area (Å²) in [5.74, 6) is 0. The third kappa shape index (κ3) is 2.23. The smallest absolute Gasteiger partial charge is 0.0453 e. The molecule has 1 saturated carbocycles. The average molecular weight is 196 g/mol. The Hall–Kier alpha value is -0.530. The van der Waals surface area contributed by atoms with Gasteiger partial charge in [0.2, 0.25) is 0 Å². The molecule has 0 aromatic heterocycles. The molecule has 1 aliphatic rings. The van der Waals surface area contributed by atoms with Gasteiger partial charge in [0.1, 0.15) is 0 Å². The van der Waals surface area contributed by atoms with E-state index in [0.29, 0.717) is 6.04 Å². The first kappa shape index (κ1) is 9.04. The van der Waals surface area contributed by atoms with Crippen LogP contribution in [0.3, 0.4) is 0 Å². The Bertz CT molecular complexity index is 294. The molecule has 1 aromatic rings. The first-order valence-corrected chi connectivity index (χ1v) is 5.15. The summed E-state index contributed by atoms with van der Waals surface area (Å²) in [5.41, 5.74) is 1.20. The van der Waals surface area contributed by atoms with E-state index in [1.165, 1.54) is 18.4 Å². The van der Waals surface area contributed by atoms with Crippen LogP contribution < -0.4 is 5.32 Å². The Kier molecular flexibility index (Phi) is 2.56. The van der Waals surface area contributed by atoms with Crippen molar-refractivity contribution in [1.82, 2.24) is 5.32 Å². The molecule has 1 fully saturated rings. The molecule has 1 N–H and O–H groups in total. The lowest BCUT2D eigenvalue weighted by Crippen LogP contribution is -2.20. The third-order valence-electron chi connectivity index (χ3n) is 2.43. The molecule has 0 bridgehead atoms. The maximum Gasteiger partial charge on any atom is 0.0453 e. The molecule has 1 atom stereocenters. The molecular weight excluding hydrogens is 182 g/mol. The zero-order valence-corrected chi connectivity index (χ0v) is 8.51. The summed E-state index contributed by atoms with van der Waals surface area (Å²) in [6, 6.07) is 9.14. The second-order valence-corrected chi connectivity index (χ2v) is 4.09. The largest absolute Gasteiger partial charge is 0.307 e. The van der Waals surface area contributed by atoms with Gasteiger partial charge >= 0.3 is 0 Å². The van der Waals surface area contributed by atoms with Crippen LogP contribution in [-0.2, 0) is 0 Å². The number of rotatable bonds is 3. The van der Waals surface area contributed by atoms with Crippen molar-refractivity contribution < 1.29 is 0 Å². The van der Waals surface area contributed by atoms with Crippen molar-refractivity contribution in [2.24, 2.45) is 0 Å². The summed E-state index contributed by atoms with van der Waals surface area (Å²) in [7, 11) is 0. The molecule has 0 saturated heterocycles. The topological polar surface area (TPSA) is 12.0 Å². The SMILES string of the molecule is C[C@@H](NC1CC1)c1ccccc1Cl. The van der Waals surface area contributed by atoms with E-state index in [2.05, 4.69) is 18.3 Å². The van der Waals surface area contributed by atoms with Crippen LogP contribution in [0, 0.1) is 0 Å². The third-order valence-corrected chi connectivity index (χ3v) is 2.78. The van der Waals surface area contributed by atoms with E-state index in [-0.39, 0.29) is 0 Å². The Balaban J connectivity index is 2.09. The van der Waals surface area contributed by atoms with Gasteiger partial charge in [0.05, 0.1) is 0 Å². The van der Waals surface area contributed by atoms with E-state index in [0.717, 1.165) is 11.1 Å². The van der Waals surface area contributed by atoms with E-state index in [9.17, 15) is 0 Å². The monoisotopic (exact) mass is 195 g/mol. The fourth-order valence-corrected chi connectivity index (χ4v) is 1.82. The van der Waals surface area contributed by atoms with Gasteiger partial charge in [0, 0.05) is 17.1 Å². The normalized spacial score (nSPS) is 18.6. The lowest BCUT2D eigenvalue weighted by molar-refractivity contribution is 0.571. The number of nitrogens with one attached hydrogen (secondary N) is 1. The van der Waals surface area contributed by atoms with Gasteiger partial charge < -0.3 is 5.32 Å². The highest BCUT2D eigenvalue weighted by Crippen LogP contribution is 2.27. The minimum Gasteiger partial charge on any atom is -0.307 e. The predicted molar refractivity (Wildman–Crippen MR) is 56.0 cm³/mol. The molecule has 2 heteroatoms. The van der Waals surface area contributed by atoms with Gasteiger partial charge in [0.25, 0.3) is 0 Å². The molecule has 70 valence electrons. The zero-order valence-electron chi connectivity index (χ0n) is 7.76.